The van der Waals surface area contributed by atoms with Gasteiger partial charge in [-0.2, -0.15) is 0 Å². The van der Waals surface area contributed by atoms with Crippen LogP contribution < -0.4 is 17.0 Å². The molecule has 0 aromatic carbocycles. The topological polar surface area (TPSA) is 0 Å². The molecule has 0 bridgehead atoms. The van der Waals surface area contributed by atoms with Crippen LogP contribution >= 0.6 is 0 Å². The summed E-state index contributed by atoms with van der Waals surface area (Å²) < 4.78 is 1.50. The molecule has 0 heterocycles. The van der Waals surface area contributed by atoms with Gasteiger partial charge in [-0.3, -0.25) is 0 Å². The molecule has 0 saturated heterocycles. The van der Waals surface area contributed by atoms with Crippen molar-refractivity contribution in [3.05, 3.63) is 21.9 Å². The molecule has 2 heteroatoms. The van der Waals surface area contributed by atoms with E-state index in [9.17, 15) is 0 Å². The molecule has 0 aliphatic heterocycles. The van der Waals surface area contributed by atoms with Gasteiger partial charge in [0.25, 0.3) is 0 Å². The van der Waals surface area contributed by atoms with Gasteiger partial charge < -0.3 is 17.0 Å². The second kappa shape index (κ2) is 3.69. The fourth-order valence-electron chi connectivity index (χ4n) is 0.492. The van der Waals surface area contributed by atoms with E-state index in [0.29, 0.717) is 0 Å². The van der Waals surface area contributed by atoms with Crippen LogP contribution in [-0.4, -0.2) is 21.7 Å². The first kappa shape index (κ1) is 7.73. The molecule has 0 unspecified atom stereocenters. The third-order valence-electron chi connectivity index (χ3n) is 0.848. The van der Waals surface area contributed by atoms with E-state index in [1.54, 1.807) is 0 Å². The Morgan fingerprint density at radius 2 is 2.29 bits per heavy atom. The summed E-state index contributed by atoms with van der Waals surface area (Å²) in [4.78, 5) is 0. The molecular weight excluding hydrogens is 164 g/mol. The summed E-state index contributed by atoms with van der Waals surface area (Å²) in [6.07, 6.45) is 7.60. The van der Waals surface area contributed by atoms with E-state index in [-0.39, 0.29) is 17.0 Å². The summed E-state index contributed by atoms with van der Waals surface area (Å²) in [6, 6.07) is 0. The molecule has 1 rings (SSSR count). The zero-order valence-corrected chi connectivity index (χ0v) is 7.02. The Morgan fingerprint density at radius 3 is 2.43 bits per heavy atom. The maximum atomic E-state index is 2.17. The molecule has 0 aromatic heterocycles. The third kappa shape index (κ3) is 2.52. The molecule has 7 heavy (non-hydrogen) atoms. The molecule has 0 radical (unpaired) electrons. The van der Waals surface area contributed by atoms with Crippen molar-refractivity contribution in [3.8, 4) is 0 Å². The molecule has 34 valence electrons. The van der Waals surface area contributed by atoms with Gasteiger partial charge in [0.05, 0.1) is 0 Å². The Morgan fingerprint density at radius 1 is 1.57 bits per heavy atom. The zero-order chi connectivity index (χ0) is 4.41. The minimum atomic E-state index is 0. The molecule has 0 atom stereocenters. The zero-order valence-electron chi connectivity index (χ0n) is 4.02. The molecule has 0 spiro atoms. The van der Waals surface area contributed by atoms with Crippen LogP contribution in [-0.2, 0) is 0 Å². The summed E-state index contributed by atoms with van der Waals surface area (Å²) >= 11 is 1.96. The van der Waals surface area contributed by atoms with Gasteiger partial charge in [0, 0.05) is 0 Å². The van der Waals surface area contributed by atoms with Gasteiger partial charge in [-0.15, -0.1) is 0 Å². The van der Waals surface area contributed by atoms with E-state index < -0.39 is 0 Å². The first-order valence-corrected chi connectivity index (χ1v) is 2.78. The molecule has 1 aliphatic rings. The predicted octanol–water partition coefficient (Wildman–Crippen LogP) is -2.00. The van der Waals surface area contributed by atoms with Gasteiger partial charge in [0.1, 0.15) is 0 Å². The number of rotatable bonds is 0. The van der Waals surface area contributed by atoms with Gasteiger partial charge in [0.15, 0.2) is 0 Å². The molecule has 0 saturated carbocycles. The average molecular weight is 169 g/mol. The van der Waals surface area contributed by atoms with Crippen LogP contribution in [0.3, 0.4) is 0 Å². The quantitative estimate of drug-likeness (QED) is 0.368. The van der Waals surface area contributed by atoms with E-state index in [2.05, 4.69) is 18.2 Å². The van der Waals surface area contributed by atoms with E-state index in [1.807, 2.05) is 21.7 Å². The van der Waals surface area contributed by atoms with Crippen molar-refractivity contribution in [2.45, 2.75) is 6.42 Å². The second-order valence-electron chi connectivity index (χ2n) is 1.46. The van der Waals surface area contributed by atoms with Gasteiger partial charge in [-0.05, 0) is 0 Å². The van der Waals surface area contributed by atoms with E-state index in [4.69, 9.17) is 0 Å². The van der Waals surface area contributed by atoms with Crippen molar-refractivity contribution in [1.29, 1.82) is 0 Å². The first-order valence-electron chi connectivity index (χ1n) is 2.07. The predicted molar refractivity (Wildman–Crippen MR) is 27.6 cm³/mol. The molecule has 0 nitrogen and oxygen atoms in total. The Bertz CT molecular complexity index is 105. The number of halogens is 1. The van der Waals surface area contributed by atoms with Gasteiger partial charge in [0.2, 0.25) is 0 Å². The summed E-state index contributed by atoms with van der Waals surface area (Å²) in [5.41, 5.74) is 0. The second-order valence-corrected chi connectivity index (χ2v) is 2.37. The van der Waals surface area contributed by atoms with Crippen molar-refractivity contribution >= 4 is 21.7 Å². The summed E-state index contributed by atoms with van der Waals surface area (Å²) in [5, 5.41) is 0. The first-order chi connectivity index (χ1) is 2.89. The minimum absolute atomic E-state index is 0. The number of hydrogen-bond donors (Lipinski definition) is 0. The Kier molecular flexibility index (Phi) is 4.08. The molecule has 0 amide bonds. The standard InChI is InChI=1S/C5H5.BrH.Mg/c1-2-4-5-3-1;;/h1-3H,4H2;1H;/q;;+1/p-1. The fraction of sp³-hybridized carbons (Fsp3) is 0.200. The van der Waals surface area contributed by atoms with Gasteiger partial charge in [-0.25, -0.2) is 0 Å². The van der Waals surface area contributed by atoms with Crippen molar-refractivity contribution in [1.82, 2.24) is 0 Å². The summed E-state index contributed by atoms with van der Waals surface area (Å²) in [6.45, 7) is 0. The van der Waals surface area contributed by atoms with Crippen molar-refractivity contribution in [2.75, 3.05) is 0 Å². The Balaban J connectivity index is 0.000000360. The van der Waals surface area contributed by atoms with E-state index in [0.717, 1.165) is 0 Å². The SMILES string of the molecule is [Br-].[Mg+][C]1=CC=CC1. The van der Waals surface area contributed by atoms with Crippen LogP contribution in [0.1, 0.15) is 6.42 Å². The van der Waals surface area contributed by atoms with E-state index >= 15 is 0 Å². The van der Waals surface area contributed by atoms with Crippen molar-refractivity contribution < 1.29 is 17.0 Å². The van der Waals surface area contributed by atoms with Crippen LogP contribution in [0.5, 0.6) is 0 Å². The summed E-state index contributed by atoms with van der Waals surface area (Å²) in [5.74, 6) is 0. The average Bonchev–Trinajstić information content (AvgIpc) is 1.86. The molecule has 0 N–H and O–H groups in total. The van der Waals surface area contributed by atoms with Crippen molar-refractivity contribution in [2.24, 2.45) is 0 Å². The number of hydrogen-bond acceptors (Lipinski definition) is 0. The van der Waals surface area contributed by atoms with Crippen LogP contribution in [0, 0.1) is 0 Å². The van der Waals surface area contributed by atoms with Crippen molar-refractivity contribution in [3.63, 3.8) is 0 Å². The van der Waals surface area contributed by atoms with Crippen LogP contribution in [0.25, 0.3) is 0 Å². The van der Waals surface area contributed by atoms with Crippen LogP contribution in [0.15, 0.2) is 21.9 Å². The Hall–Kier alpha value is 0.726. The summed E-state index contributed by atoms with van der Waals surface area (Å²) in [7, 11) is 0. The molecule has 1 aliphatic carbocycles. The van der Waals surface area contributed by atoms with E-state index in [1.165, 1.54) is 10.1 Å². The maximum absolute atomic E-state index is 2.17. The Labute approximate surface area is 66.9 Å². The van der Waals surface area contributed by atoms with Gasteiger partial charge >= 0.3 is 50.1 Å². The molecular formula is C5H5BrMg. The molecule has 0 fully saturated rings. The van der Waals surface area contributed by atoms with Crippen LogP contribution in [0.2, 0.25) is 0 Å². The third-order valence-corrected chi connectivity index (χ3v) is 1.37. The molecule has 0 aromatic rings. The number of allylic oxidation sites excluding steroid dienone is 4. The monoisotopic (exact) mass is 168 g/mol. The van der Waals surface area contributed by atoms with Gasteiger partial charge in [-0.1, -0.05) is 0 Å². The van der Waals surface area contributed by atoms with Crippen LogP contribution in [0.4, 0.5) is 0 Å². The fourth-order valence-corrected chi connectivity index (χ4v) is 0.794. The normalized spacial score (nSPS) is 16.0.